The molecule has 0 aliphatic carbocycles. The fraction of sp³-hybridized carbons (Fsp3) is 0.538. The molecular weight excluding hydrogens is 202 g/mol. The third-order valence-electron chi connectivity index (χ3n) is 2.60. The minimum atomic E-state index is -0.226. The average Bonchev–Trinajstić information content (AvgIpc) is 2.35. The molecule has 0 bridgehead atoms. The Bertz CT molecular complexity index is 284. The molecule has 1 unspecified atom stereocenters. The zero-order valence-electron chi connectivity index (χ0n) is 10.1. The maximum absolute atomic E-state index is 9.34. The number of ether oxygens (including phenoxy) is 1. The van der Waals surface area contributed by atoms with Crippen LogP contribution >= 0.6 is 0 Å². The van der Waals surface area contributed by atoms with Crippen LogP contribution in [-0.4, -0.2) is 31.4 Å². The van der Waals surface area contributed by atoms with Crippen molar-refractivity contribution in [3.63, 3.8) is 0 Å². The van der Waals surface area contributed by atoms with Crippen molar-refractivity contribution in [3.05, 3.63) is 29.8 Å². The molecule has 0 saturated heterocycles. The quantitative estimate of drug-likeness (QED) is 0.690. The number of hydrogen-bond donors (Lipinski definition) is 2. The normalized spacial score (nSPS) is 12.4. The van der Waals surface area contributed by atoms with Crippen LogP contribution in [-0.2, 0) is 6.42 Å². The molecule has 1 aromatic rings. The first-order valence-corrected chi connectivity index (χ1v) is 5.78. The molecule has 1 rings (SSSR count). The van der Waals surface area contributed by atoms with Crippen molar-refractivity contribution in [1.29, 1.82) is 0 Å². The van der Waals surface area contributed by atoms with E-state index in [-0.39, 0.29) is 6.10 Å². The van der Waals surface area contributed by atoms with Crippen LogP contribution in [0.1, 0.15) is 18.9 Å². The van der Waals surface area contributed by atoms with Crippen molar-refractivity contribution in [3.8, 4) is 5.75 Å². The Morgan fingerprint density at radius 1 is 1.31 bits per heavy atom. The molecule has 0 spiro atoms. The number of rotatable bonds is 7. The fourth-order valence-electron chi connectivity index (χ4n) is 1.44. The molecule has 1 aromatic carbocycles. The van der Waals surface area contributed by atoms with Crippen LogP contribution in [0.3, 0.4) is 0 Å². The van der Waals surface area contributed by atoms with E-state index >= 15 is 0 Å². The van der Waals surface area contributed by atoms with Gasteiger partial charge in [-0.1, -0.05) is 19.1 Å². The van der Waals surface area contributed by atoms with Gasteiger partial charge < -0.3 is 15.2 Å². The molecule has 2 N–H and O–H groups in total. The molecule has 0 heterocycles. The van der Waals surface area contributed by atoms with Crippen LogP contribution < -0.4 is 10.1 Å². The van der Waals surface area contributed by atoms with E-state index in [1.165, 1.54) is 5.56 Å². The molecule has 0 aliphatic rings. The molecule has 0 aliphatic heterocycles. The summed E-state index contributed by atoms with van der Waals surface area (Å²) in [7, 11) is 1.67. The third kappa shape index (κ3) is 4.64. The summed E-state index contributed by atoms with van der Waals surface area (Å²) in [5.74, 6) is 0.887. The second-order valence-electron chi connectivity index (χ2n) is 3.86. The second kappa shape index (κ2) is 7.25. The van der Waals surface area contributed by atoms with Crippen molar-refractivity contribution < 1.29 is 9.84 Å². The number of hydrogen-bond acceptors (Lipinski definition) is 3. The summed E-state index contributed by atoms with van der Waals surface area (Å²) in [6.45, 7) is 3.55. The molecule has 16 heavy (non-hydrogen) atoms. The van der Waals surface area contributed by atoms with Crippen LogP contribution in [0.4, 0.5) is 0 Å². The van der Waals surface area contributed by atoms with E-state index in [9.17, 15) is 5.11 Å². The summed E-state index contributed by atoms with van der Waals surface area (Å²) in [6.07, 6.45) is 1.55. The maximum Gasteiger partial charge on any atom is 0.118 e. The van der Waals surface area contributed by atoms with Gasteiger partial charge in [0.2, 0.25) is 0 Å². The lowest BCUT2D eigenvalue weighted by atomic mass is 10.1. The summed E-state index contributed by atoms with van der Waals surface area (Å²) in [4.78, 5) is 0. The lowest BCUT2D eigenvalue weighted by molar-refractivity contribution is 0.168. The lowest BCUT2D eigenvalue weighted by Crippen LogP contribution is -2.27. The van der Waals surface area contributed by atoms with E-state index in [4.69, 9.17) is 4.74 Å². The van der Waals surface area contributed by atoms with E-state index in [2.05, 4.69) is 17.4 Å². The van der Waals surface area contributed by atoms with Crippen LogP contribution in [0.2, 0.25) is 0 Å². The zero-order chi connectivity index (χ0) is 11.8. The summed E-state index contributed by atoms with van der Waals surface area (Å²) >= 11 is 0. The Balaban J connectivity index is 2.21. The molecule has 90 valence electrons. The topological polar surface area (TPSA) is 41.5 Å². The van der Waals surface area contributed by atoms with Crippen molar-refractivity contribution in [2.75, 3.05) is 20.2 Å². The lowest BCUT2D eigenvalue weighted by Gasteiger charge is -2.09. The summed E-state index contributed by atoms with van der Waals surface area (Å²) in [5.41, 5.74) is 1.28. The van der Waals surface area contributed by atoms with Gasteiger partial charge in [-0.25, -0.2) is 0 Å². The van der Waals surface area contributed by atoms with Crippen LogP contribution in [0.25, 0.3) is 0 Å². The molecule has 0 saturated carbocycles. The summed E-state index contributed by atoms with van der Waals surface area (Å²) in [5, 5.41) is 12.6. The Kier molecular flexibility index (Phi) is 5.90. The number of methoxy groups -OCH3 is 1. The highest BCUT2D eigenvalue weighted by molar-refractivity contribution is 5.27. The third-order valence-corrected chi connectivity index (χ3v) is 2.60. The van der Waals surface area contributed by atoms with Gasteiger partial charge in [0.25, 0.3) is 0 Å². The number of nitrogens with one attached hydrogen (secondary N) is 1. The Hall–Kier alpha value is -1.06. The maximum atomic E-state index is 9.34. The van der Waals surface area contributed by atoms with E-state index in [0.29, 0.717) is 6.54 Å². The Morgan fingerprint density at radius 3 is 2.56 bits per heavy atom. The van der Waals surface area contributed by atoms with Gasteiger partial charge in [0.15, 0.2) is 0 Å². The standard InChI is InChI=1S/C13H21NO2/c1-3-12(15)10-14-9-8-11-4-6-13(16-2)7-5-11/h4-7,12,14-15H,3,8-10H2,1-2H3. The minimum Gasteiger partial charge on any atom is -0.497 e. The van der Waals surface area contributed by atoms with Crippen molar-refractivity contribution in [2.45, 2.75) is 25.9 Å². The molecule has 3 heteroatoms. The Morgan fingerprint density at radius 2 is 2.00 bits per heavy atom. The van der Waals surface area contributed by atoms with Gasteiger partial charge in [-0.15, -0.1) is 0 Å². The molecule has 3 nitrogen and oxygen atoms in total. The van der Waals surface area contributed by atoms with Crippen LogP contribution in [0.15, 0.2) is 24.3 Å². The van der Waals surface area contributed by atoms with Crippen LogP contribution in [0.5, 0.6) is 5.75 Å². The molecule has 1 atom stereocenters. The number of benzene rings is 1. The van der Waals surface area contributed by atoms with E-state index in [1.807, 2.05) is 19.1 Å². The molecule has 0 radical (unpaired) electrons. The largest absolute Gasteiger partial charge is 0.497 e. The highest BCUT2D eigenvalue weighted by Gasteiger charge is 1.99. The Labute approximate surface area is 97.4 Å². The molecule has 0 aromatic heterocycles. The highest BCUT2D eigenvalue weighted by Crippen LogP contribution is 2.11. The van der Waals surface area contributed by atoms with Gasteiger partial charge in [0, 0.05) is 6.54 Å². The monoisotopic (exact) mass is 223 g/mol. The van der Waals surface area contributed by atoms with Gasteiger partial charge >= 0.3 is 0 Å². The van der Waals surface area contributed by atoms with Crippen LogP contribution in [0, 0.1) is 0 Å². The predicted octanol–water partition coefficient (Wildman–Crippen LogP) is 1.60. The molecule has 0 amide bonds. The van der Waals surface area contributed by atoms with E-state index in [1.54, 1.807) is 7.11 Å². The first kappa shape index (κ1) is 13.0. The van der Waals surface area contributed by atoms with Crippen molar-refractivity contribution >= 4 is 0 Å². The second-order valence-corrected chi connectivity index (χ2v) is 3.86. The van der Waals surface area contributed by atoms with Gasteiger partial charge in [0.05, 0.1) is 13.2 Å². The predicted molar refractivity (Wildman–Crippen MR) is 65.9 cm³/mol. The number of aliphatic hydroxyl groups is 1. The van der Waals surface area contributed by atoms with Gasteiger partial charge in [-0.3, -0.25) is 0 Å². The van der Waals surface area contributed by atoms with E-state index < -0.39 is 0 Å². The van der Waals surface area contributed by atoms with Gasteiger partial charge in [0.1, 0.15) is 5.75 Å². The van der Waals surface area contributed by atoms with Crippen molar-refractivity contribution in [2.24, 2.45) is 0 Å². The smallest absolute Gasteiger partial charge is 0.118 e. The minimum absolute atomic E-state index is 0.226. The number of aliphatic hydroxyl groups excluding tert-OH is 1. The van der Waals surface area contributed by atoms with E-state index in [0.717, 1.165) is 25.1 Å². The fourth-order valence-corrected chi connectivity index (χ4v) is 1.44. The average molecular weight is 223 g/mol. The summed E-state index contributed by atoms with van der Waals surface area (Å²) < 4.78 is 5.09. The van der Waals surface area contributed by atoms with Gasteiger partial charge in [-0.05, 0) is 37.1 Å². The first-order valence-electron chi connectivity index (χ1n) is 5.78. The highest BCUT2D eigenvalue weighted by atomic mass is 16.5. The SMILES string of the molecule is CCC(O)CNCCc1ccc(OC)cc1. The summed E-state index contributed by atoms with van der Waals surface area (Å²) in [6, 6.07) is 8.07. The van der Waals surface area contributed by atoms with Gasteiger partial charge in [-0.2, -0.15) is 0 Å². The first-order chi connectivity index (χ1) is 7.76. The van der Waals surface area contributed by atoms with Crippen molar-refractivity contribution in [1.82, 2.24) is 5.32 Å². The molecular formula is C13H21NO2. The molecule has 0 fully saturated rings. The zero-order valence-corrected chi connectivity index (χ0v) is 10.1.